The fraction of sp³-hybridized carbons (Fsp3) is 0. The van der Waals surface area contributed by atoms with E-state index in [0.29, 0.717) is 17.0 Å². The monoisotopic (exact) mass is 261 g/mol. The Bertz CT molecular complexity index is 692. The van der Waals surface area contributed by atoms with Crippen LogP contribution in [0.4, 0.5) is 5.69 Å². The number of anilines is 1. The van der Waals surface area contributed by atoms with Gasteiger partial charge < -0.3 is 10.5 Å². The maximum atomic E-state index is 8.84. The number of nitrogens with two attached hydrogens (primary N) is 1. The summed E-state index contributed by atoms with van der Waals surface area (Å²) in [5.74, 6) is 0.565. The van der Waals surface area contributed by atoms with Crippen LogP contribution in [0.25, 0.3) is 10.9 Å². The molecule has 2 rings (SSSR count). The molecule has 1 heterocycles. The second-order valence-electron chi connectivity index (χ2n) is 3.99. The molecule has 1 aliphatic rings. The third-order valence-corrected chi connectivity index (χ3v) is 2.62. The van der Waals surface area contributed by atoms with E-state index in [2.05, 4.69) is 4.85 Å². The Morgan fingerprint density at radius 2 is 2.05 bits per heavy atom. The minimum atomic E-state index is 0.0444. The van der Waals surface area contributed by atoms with Crippen LogP contribution in [0.5, 0.6) is 0 Å². The van der Waals surface area contributed by atoms with Crippen molar-refractivity contribution in [3.8, 4) is 6.07 Å². The first-order chi connectivity index (χ1) is 9.72. The van der Waals surface area contributed by atoms with Crippen molar-refractivity contribution in [3.05, 3.63) is 82.8 Å². The average Bonchev–Trinajstić information content (AvgIpc) is 2.48. The minimum absolute atomic E-state index is 0.0444. The third-order valence-electron chi connectivity index (χ3n) is 2.62. The summed E-state index contributed by atoms with van der Waals surface area (Å²) in [5, 5.41) is 8.84. The molecule has 1 aromatic carbocycles. The van der Waals surface area contributed by atoms with Crippen LogP contribution in [0, 0.1) is 17.9 Å². The standard InChI is InChI=1S/C16H11N3O/c1-19-16(11-17)13-8-9-20-15(10-13)7-4-12-2-5-14(18)6-3-12/h2-10H,18H2/b7-4+,16-13+. The minimum Gasteiger partial charge on any atom is -0.465 e. The van der Waals surface area contributed by atoms with Gasteiger partial charge in [-0.25, -0.2) is 10.1 Å². The highest BCUT2D eigenvalue weighted by atomic mass is 16.5. The quantitative estimate of drug-likeness (QED) is 0.504. The second kappa shape index (κ2) is 6.08. The van der Waals surface area contributed by atoms with Gasteiger partial charge in [-0.15, -0.1) is 0 Å². The van der Waals surface area contributed by atoms with E-state index >= 15 is 0 Å². The van der Waals surface area contributed by atoms with E-state index in [-0.39, 0.29) is 5.70 Å². The largest absolute Gasteiger partial charge is 0.465 e. The molecule has 0 atom stereocenters. The second-order valence-corrected chi connectivity index (χ2v) is 3.99. The third kappa shape index (κ3) is 3.16. The van der Waals surface area contributed by atoms with Gasteiger partial charge in [-0.3, -0.25) is 0 Å². The number of nitrogen functional groups attached to an aromatic ring is 1. The van der Waals surface area contributed by atoms with Gasteiger partial charge in [0.25, 0.3) is 5.70 Å². The zero-order chi connectivity index (χ0) is 14.4. The number of benzene rings is 1. The van der Waals surface area contributed by atoms with Crippen LogP contribution in [0.1, 0.15) is 5.56 Å². The fourth-order valence-electron chi connectivity index (χ4n) is 1.60. The number of hydrogen-bond donors (Lipinski definition) is 1. The van der Waals surface area contributed by atoms with Gasteiger partial charge in [0.15, 0.2) is 0 Å². The lowest BCUT2D eigenvalue weighted by atomic mass is 10.1. The van der Waals surface area contributed by atoms with Crippen molar-refractivity contribution < 1.29 is 4.74 Å². The van der Waals surface area contributed by atoms with Crippen LogP contribution >= 0.6 is 0 Å². The molecule has 0 saturated heterocycles. The molecule has 0 bridgehead atoms. The lowest BCUT2D eigenvalue weighted by Gasteiger charge is -2.08. The lowest BCUT2D eigenvalue weighted by molar-refractivity contribution is 0.364. The molecule has 4 nitrogen and oxygen atoms in total. The van der Waals surface area contributed by atoms with Crippen LogP contribution in [-0.2, 0) is 4.74 Å². The highest BCUT2D eigenvalue weighted by Crippen LogP contribution is 2.19. The summed E-state index contributed by atoms with van der Waals surface area (Å²) in [6, 6.07) is 9.27. The Morgan fingerprint density at radius 3 is 2.70 bits per heavy atom. The molecule has 96 valence electrons. The van der Waals surface area contributed by atoms with E-state index in [0.717, 1.165) is 5.56 Å². The van der Waals surface area contributed by atoms with Gasteiger partial charge in [0, 0.05) is 5.69 Å². The first kappa shape index (κ1) is 13.2. The molecular formula is C16H11N3O. The highest BCUT2D eigenvalue weighted by molar-refractivity contribution is 5.57. The molecule has 4 heteroatoms. The lowest BCUT2D eigenvalue weighted by Crippen LogP contribution is -1.91. The predicted octanol–water partition coefficient (Wildman–Crippen LogP) is 3.41. The fourth-order valence-corrected chi connectivity index (χ4v) is 1.60. The smallest absolute Gasteiger partial charge is 0.269 e. The van der Waals surface area contributed by atoms with Gasteiger partial charge in [0.2, 0.25) is 0 Å². The van der Waals surface area contributed by atoms with Crippen LogP contribution in [0.3, 0.4) is 0 Å². The normalized spacial score (nSPS) is 16.0. The molecule has 2 N–H and O–H groups in total. The summed E-state index contributed by atoms with van der Waals surface area (Å²) >= 11 is 0. The number of hydrogen-bond acceptors (Lipinski definition) is 3. The van der Waals surface area contributed by atoms with E-state index in [9.17, 15) is 0 Å². The highest BCUT2D eigenvalue weighted by Gasteiger charge is 2.06. The molecule has 1 aromatic rings. The molecule has 0 aliphatic carbocycles. The number of rotatable bonds is 2. The van der Waals surface area contributed by atoms with E-state index < -0.39 is 0 Å². The van der Waals surface area contributed by atoms with Crippen molar-refractivity contribution in [3.63, 3.8) is 0 Å². The number of nitrogens with zero attached hydrogens (tertiary/aromatic N) is 2. The van der Waals surface area contributed by atoms with Gasteiger partial charge in [-0.1, -0.05) is 18.2 Å². The van der Waals surface area contributed by atoms with Crippen LogP contribution < -0.4 is 5.73 Å². The van der Waals surface area contributed by atoms with Crippen LogP contribution in [0.15, 0.2) is 65.8 Å². The average molecular weight is 261 g/mol. The van der Waals surface area contributed by atoms with Crippen molar-refractivity contribution in [1.29, 1.82) is 5.26 Å². The van der Waals surface area contributed by atoms with Gasteiger partial charge in [-0.05, 0) is 41.5 Å². The summed E-state index contributed by atoms with van der Waals surface area (Å²) in [4.78, 5) is 3.17. The first-order valence-electron chi connectivity index (χ1n) is 5.83. The van der Waals surface area contributed by atoms with E-state index in [1.807, 2.05) is 36.4 Å². The Balaban J connectivity index is 2.23. The van der Waals surface area contributed by atoms with Gasteiger partial charge >= 0.3 is 0 Å². The Kier molecular flexibility index (Phi) is 4.01. The van der Waals surface area contributed by atoms with Gasteiger partial charge in [-0.2, -0.15) is 0 Å². The number of ether oxygens (including phenoxy) is 1. The van der Waals surface area contributed by atoms with Crippen LogP contribution in [-0.4, -0.2) is 0 Å². The van der Waals surface area contributed by atoms with Crippen molar-refractivity contribution in [2.75, 3.05) is 5.73 Å². The number of nitriles is 1. The summed E-state index contributed by atoms with van der Waals surface area (Å²) < 4.78 is 5.32. The zero-order valence-corrected chi connectivity index (χ0v) is 10.6. The molecular weight excluding hydrogens is 250 g/mol. The Morgan fingerprint density at radius 1 is 1.30 bits per heavy atom. The Labute approximate surface area is 117 Å². The SMILES string of the molecule is [C-]#[N+]/C(C#N)=C1\C=COC(/C=C/c2ccc(N)cc2)=C1. The molecule has 0 radical (unpaired) electrons. The van der Waals surface area contributed by atoms with Gasteiger partial charge in [0.1, 0.15) is 5.76 Å². The molecule has 1 aliphatic heterocycles. The predicted molar refractivity (Wildman–Crippen MR) is 77.4 cm³/mol. The van der Waals surface area contributed by atoms with Crippen molar-refractivity contribution in [2.24, 2.45) is 0 Å². The molecule has 0 unspecified atom stereocenters. The molecule has 0 aromatic heterocycles. The maximum Gasteiger partial charge on any atom is 0.269 e. The molecule has 0 saturated carbocycles. The first-order valence-corrected chi connectivity index (χ1v) is 5.83. The maximum absolute atomic E-state index is 8.84. The van der Waals surface area contributed by atoms with Crippen molar-refractivity contribution in [2.45, 2.75) is 0 Å². The summed E-state index contributed by atoms with van der Waals surface area (Å²) in [6.07, 6.45) is 8.35. The zero-order valence-electron chi connectivity index (χ0n) is 10.6. The summed E-state index contributed by atoms with van der Waals surface area (Å²) in [5.41, 5.74) is 7.89. The van der Waals surface area contributed by atoms with E-state index in [1.165, 1.54) is 6.26 Å². The number of allylic oxidation sites excluding steroid dienone is 5. The van der Waals surface area contributed by atoms with Crippen LogP contribution in [0.2, 0.25) is 0 Å². The van der Waals surface area contributed by atoms with E-state index in [1.54, 1.807) is 18.2 Å². The summed E-state index contributed by atoms with van der Waals surface area (Å²) in [6.45, 7) is 6.93. The Hall–Kier alpha value is -3.24. The molecule has 0 fully saturated rings. The van der Waals surface area contributed by atoms with E-state index in [4.69, 9.17) is 22.3 Å². The molecule has 20 heavy (non-hydrogen) atoms. The topological polar surface area (TPSA) is 63.4 Å². The van der Waals surface area contributed by atoms with Crippen molar-refractivity contribution >= 4 is 11.8 Å². The summed E-state index contributed by atoms with van der Waals surface area (Å²) in [7, 11) is 0. The van der Waals surface area contributed by atoms with Gasteiger partial charge in [0.05, 0.1) is 18.9 Å². The molecule has 0 amide bonds. The molecule has 0 spiro atoms. The van der Waals surface area contributed by atoms with Crippen molar-refractivity contribution in [1.82, 2.24) is 0 Å².